The van der Waals surface area contributed by atoms with Gasteiger partial charge in [0.1, 0.15) is 0 Å². The molecule has 4 aliphatic rings. The fourth-order valence-electron chi connectivity index (χ4n) is 5.91. The minimum Gasteiger partial charge on any atom is -0.381 e. The molecule has 0 aromatic rings. The maximum Gasteiger partial charge on any atom is 0.0509 e. The summed E-state index contributed by atoms with van der Waals surface area (Å²) in [5.74, 6) is 1.63. The quantitative estimate of drug-likeness (QED) is 0.788. The average Bonchev–Trinajstić information content (AvgIpc) is 2.62. The number of piperidine rings is 4. The molecule has 23 heavy (non-hydrogen) atoms. The molecule has 4 saturated heterocycles. The van der Waals surface area contributed by atoms with Crippen molar-refractivity contribution in [3.63, 3.8) is 0 Å². The van der Waals surface area contributed by atoms with E-state index in [4.69, 9.17) is 4.74 Å². The SMILES string of the molecule is C1CCN2CCCC(COCC3CCCN4CCCCC34)C2C1. The van der Waals surface area contributed by atoms with Gasteiger partial charge < -0.3 is 14.5 Å². The van der Waals surface area contributed by atoms with Gasteiger partial charge in [0.15, 0.2) is 0 Å². The zero-order valence-corrected chi connectivity index (χ0v) is 14.9. The molecule has 4 rings (SSSR count). The molecule has 4 atom stereocenters. The smallest absolute Gasteiger partial charge is 0.0509 e. The van der Waals surface area contributed by atoms with E-state index in [1.165, 1.54) is 90.4 Å². The molecule has 4 fully saturated rings. The van der Waals surface area contributed by atoms with Gasteiger partial charge in [0.05, 0.1) is 13.2 Å². The Bertz CT molecular complexity index is 337. The molecule has 0 aromatic heterocycles. The van der Waals surface area contributed by atoms with Crippen LogP contribution in [0, 0.1) is 11.8 Å². The first-order valence-corrected chi connectivity index (χ1v) is 10.5. The highest BCUT2D eigenvalue weighted by Crippen LogP contribution is 2.33. The molecular formula is C20H36N2O. The normalized spacial score (nSPS) is 39.7. The van der Waals surface area contributed by atoms with Crippen LogP contribution in [0.25, 0.3) is 0 Å². The first-order chi connectivity index (χ1) is 11.4. The predicted octanol–water partition coefficient (Wildman–Crippen LogP) is 3.53. The first-order valence-electron chi connectivity index (χ1n) is 10.5. The Kier molecular flexibility index (Phi) is 5.58. The topological polar surface area (TPSA) is 15.7 Å². The summed E-state index contributed by atoms with van der Waals surface area (Å²) >= 11 is 0. The van der Waals surface area contributed by atoms with Gasteiger partial charge in [-0.1, -0.05) is 12.8 Å². The minimum absolute atomic E-state index is 0.815. The Morgan fingerprint density at radius 1 is 0.565 bits per heavy atom. The van der Waals surface area contributed by atoms with E-state index in [9.17, 15) is 0 Å². The molecule has 3 nitrogen and oxygen atoms in total. The summed E-state index contributed by atoms with van der Waals surface area (Å²) in [5, 5.41) is 0. The molecule has 0 aliphatic carbocycles. The van der Waals surface area contributed by atoms with Gasteiger partial charge in [0.2, 0.25) is 0 Å². The molecule has 0 N–H and O–H groups in total. The second kappa shape index (κ2) is 7.84. The fraction of sp³-hybridized carbons (Fsp3) is 1.00. The van der Waals surface area contributed by atoms with Crippen molar-refractivity contribution in [3.8, 4) is 0 Å². The summed E-state index contributed by atoms with van der Waals surface area (Å²) in [5.41, 5.74) is 0. The van der Waals surface area contributed by atoms with Crippen LogP contribution in [0.2, 0.25) is 0 Å². The van der Waals surface area contributed by atoms with Crippen molar-refractivity contribution >= 4 is 0 Å². The van der Waals surface area contributed by atoms with E-state index in [-0.39, 0.29) is 0 Å². The van der Waals surface area contributed by atoms with Crippen molar-refractivity contribution in [2.75, 3.05) is 39.4 Å². The minimum atomic E-state index is 0.815. The van der Waals surface area contributed by atoms with Crippen molar-refractivity contribution in [1.82, 2.24) is 9.80 Å². The molecule has 132 valence electrons. The molecule has 0 saturated carbocycles. The molecular weight excluding hydrogens is 284 g/mol. The van der Waals surface area contributed by atoms with Crippen molar-refractivity contribution in [3.05, 3.63) is 0 Å². The fourth-order valence-corrected chi connectivity index (χ4v) is 5.91. The summed E-state index contributed by atoms with van der Waals surface area (Å²) in [7, 11) is 0. The molecule has 0 radical (unpaired) electrons. The van der Waals surface area contributed by atoms with Crippen LogP contribution in [0.1, 0.15) is 64.2 Å². The van der Waals surface area contributed by atoms with Crippen LogP contribution in [0.3, 0.4) is 0 Å². The highest BCUT2D eigenvalue weighted by atomic mass is 16.5. The van der Waals surface area contributed by atoms with Gasteiger partial charge in [-0.15, -0.1) is 0 Å². The Balaban J connectivity index is 1.26. The zero-order valence-electron chi connectivity index (χ0n) is 14.9. The molecule has 0 spiro atoms. The summed E-state index contributed by atoms with van der Waals surface area (Å²) in [6.07, 6.45) is 14.2. The largest absolute Gasteiger partial charge is 0.381 e. The first kappa shape index (κ1) is 16.4. The summed E-state index contributed by atoms with van der Waals surface area (Å²) in [6, 6.07) is 1.69. The van der Waals surface area contributed by atoms with Crippen LogP contribution in [0.15, 0.2) is 0 Å². The van der Waals surface area contributed by atoms with Gasteiger partial charge in [-0.25, -0.2) is 0 Å². The van der Waals surface area contributed by atoms with Gasteiger partial charge >= 0.3 is 0 Å². The van der Waals surface area contributed by atoms with Gasteiger partial charge in [-0.05, 0) is 89.4 Å². The molecule has 0 aromatic carbocycles. The molecule has 0 amide bonds. The van der Waals surface area contributed by atoms with E-state index < -0.39 is 0 Å². The maximum absolute atomic E-state index is 6.36. The Morgan fingerprint density at radius 2 is 1.04 bits per heavy atom. The lowest BCUT2D eigenvalue weighted by Gasteiger charge is -2.45. The standard InChI is InChI=1S/C20H36N2O/c1-3-11-21-13-5-7-17(19(21)9-1)15-23-16-18-8-6-14-22-12-4-2-10-20(18)22/h17-20H,1-16H2. The zero-order chi connectivity index (χ0) is 15.5. The summed E-state index contributed by atoms with van der Waals surface area (Å²) in [6.45, 7) is 7.46. The highest BCUT2D eigenvalue weighted by molar-refractivity contribution is 4.89. The Labute approximate surface area is 142 Å². The second-order valence-electron chi connectivity index (χ2n) is 8.54. The van der Waals surface area contributed by atoms with Gasteiger partial charge in [-0.3, -0.25) is 0 Å². The van der Waals surface area contributed by atoms with E-state index >= 15 is 0 Å². The monoisotopic (exact) mass is 320 g/mol. The third-order valence-electron chi connectivity index (χ3n) is 7.12. The van der Waals surface area contributed by atoms with E-state index in [1.54, 1.807) is 0 Å². The molecule has 4 aliphatic heterocycles. The number of hydrogen-bond donors (Lipinski definition) is 0. The van der Waals surface area contributed by atoms with Gasteiger partial charge in [0.25, 0.3) is 0 Å². The lowest BCUT2D eigenvalue weighted by atomic mass is 9.83. The van der Waals surface area contributed by atoms with Crippen LogP contribution in [-0.4, -0.2) is 61.3 Å². The number of fused-ring (bicyclic) bond motifs is 2. The van der Waals surface area contributed by atoms with Crippen molar-refractivity contribution in [1.29, 1.82) is 0 Å². The molecule has 3 heteroatoms. The van der Waals surface area contributed by atoms with E-state index in [0.29, 0.717) is 0 Å². The second-order valence-corrected chi connectivity index (χ2v) is 8.54. The van der Waals surface area contributed by atoms with Crippen molar-refractivity contribution < 1.29 is 4.74 Å². The Hall–Kier alpha value is -0.120. The number of hydrogen-bond acceptors (Lipinski definition) is 3. The van der Waals surface area contributed by atoms with Crippen molar-refractivity contribution in [2.45, 2.75) is 76.3 Å². The predicted molar refractivity (Wildman–Crippen MR) is 94.7 cm³/mol. The third kappa shape index (κ3) is 3.77. The Morgan fingerprint density at radius 3 is 1.57 bits per heavy atom. The third-order valence-corrected chi connectivity index (χ3v) is 7.12. The van der Waals surface area contributed by atoms with Crippen LogP contribution in [0.4, 0.5) is 0 Å². The number of nitrogens with zero attached hydrogens (tertiary/aromatic N) is 2. The molecule has 4 heterocycles. The summed E-state index contributed by atoms with van der Waals surface area (Å²) < 4.78 is 6.36. The van der Waals surface area contributed by atoms with Crippen molar-refractivity contribution in [2.24, 2.45) is 11.8 Å². The van der Waals surface area contributed by atoms with Crippen LogP contribution >= 0.6 is 0 Å². The highest BCUT2D eigenvalue weighted by Gasteiger charge is 2.35. The number of ether oxygens (including phenoxy) is 1. The average molecular weight is 321 g/mol. The lowest BCUT2D eigenvalue weighted by molar-refractivity contribution is -0.0312. The number of rotatable bonds is 4. The van der Waals surface area contributed by atoms with E-state index in [2.05, 4.69) is 9.80 Å². The molecule has 4 unspecified atom stereocenters. The summed E-state index contributed by atoms with van der Waals surface area (Å²) in [4.78, 5) is 5.54. The maximum atomic E-state index is 6.36. The lowest BCUT2D eigenvalue weighted by Crippen LogP contribution is -2.50. The van der Waals surface area contributed by atoms with Gasteiger partial charge in [-0.2, -0.15) is 0 Å². The van der Waals surface area contributed by atoms with Crippen LogP contribution in [-0.2, 0) is 4.74 Å². The van der Waals surface area contributed by atoms with Crippen LogP contribution in [0.5, 0.6) is 0 Å². The molecule has 0 bridgehead atoms. The van der Waals surface area contributed by atoms with E-state index in [0.717, 1.165) is 37.1 Å². The van der Waals surface area contributed by atoms with E-state index in [1.807, 2.05) is 0 Å². The van der Waals surface area contributed by atoms with Crippen LogP contribution < -0.4 is 0 Å². The van der Waals surface area contributed by atoms with Gasteiger partial charge in [0, 0.05) is 12.1 Å².